The largest absolute Gasteiger partial charge is 0.545 e. The van der Waals surface area contributed by atoms with E-state index in [1.165, 1.54) is 12.1 Å². The molecule has 2 nitrogen and oxygen atoms in total. The monoisotopic (exact) mass is 333 g/mol. The molecule has 8 heteroatoms. The van der Waals surface area contributed by atoms with Crippen LogP contribution in [0.25, 0.3) is 11.1 Å². The van der Waals surface area contributed by atoms with Crippen molar-refractivity contribution in [2.24, 2.45) is 0 Å². The van der Waals surface area contributed by atoms with E-state index in [0.717, 1.165) is 12.1 Å². The predicted octanol–water partition coefficient (Wildman–Crippen LogP) is 3.75. The first-order chi connectivity index (χ1) is 10.5. The number of hydrogen-bond donors (Lipinski definition) is 0. The fourth-order valence-electron chi connectivity index (χ4n) is 1.95. The van der Waals surface area contributed by atoms with Gasteiger partial charge in [0.25, 0.3) is 0 Å². The Hall–Kier alpha value is -2.51. The smallest absolute Gasteiger partial charge is 0.416 e. The van der Waals surface area contributed by atoms with E-state index in [1.54, 1.807) is 0 Å². The minimum atomic E-state index is -4.97. The summed E-state index contributed by atoms with van der Waals surface area (Å²) in [5.74, 6) is -1.59. The maximum Gasteiger partial charge on any atom is 0.416 e. The highest BCUT2D eigenvalue weighted by molar-refractivity contribution is 5.87. The van der Waals surface area contributed by atoms with Crippen LogP contribution in [0, 0.1) is 0 Å². The van der Waals surface area contributed by atoms with Crippen molar-refractivity contribution in [3.05, 3.63) is 59.2 Å². The summed E-state index contributed by atoms with van der Waals surface area (Å²) in [7, 11) is 0. The molecule has 2 aromatic rings. The van der Waals surface area contributed by atoms with E-state index in [-0.39, 0.29) is 17.2 Å². The van der Waals surface area contributed by atoms with Crippen LogP contribution in [-0.4, -0.2) is 5.97 Å². The van der Waals surface area contributed by atoms with E-state index in [1.807, 2.05) is 0 Å². The minimum Gasteiger partial charge on any atom is -0.545 e. The predicted molar refractivity (Wildman–Crippen MR) is 66.2 cm³/mol. The molecule has 0 aliphatic rings. The first kappa shape index (κ1) is 16.9. The minimum absolute atomic E-state index is 0.00605. The van der Waals surface area contributed by atoms with Crippen molar-refractivity contribution in [2.75, 3.05) is 0 Å². The Morgan fingerprint density at radius 1 is 0.783 bits per heavy atom. The third kappa shape index (κ3) is 3.82. The quantitative estimate of drug-likeness (QED) is 0.785. The van der Waals surface area contributed by atoms with Crippen LogP contribution in [0.3, 0.4) is 0 Å². The Bertz CT molecular complexity index is 714. The van der Waals surface area contributed by atoms with Crippen LogP contribution in [0.5, 0.6) is 0 Å². The standard InChI is InChI=1S/C15H8F6O2/c16-14(17,18)11-5-10(6-12(7-11)15(19,20)21)8-2-1-3-9(4-8)13(22)23/h1-7H,(H,22,23)/p-1. The van der Waals surface area contributed by atoms with Crippen molar-refractivity contribution in [1.82, 2.24) is 0 Å². The molecule has 0 N–H and O–H groups in total. The lowest BCUT2D eigenvalue weighted by atomic mass is 9.98. The maximum atomic E-state index is 12.8. The van der Waals surface area contributed by atoms with Crippen LogP contribution in [0.1, 0.15) is 21.5 Å². The second-order valence-electron chi connectivity index (χ2n) is 4.66. The molecule has 0 saturated heterocycles. The van der Waals surface area contributed by atoms with Gasteiger partial charge in [-0.3, -0.25) is 0 Å². The molecule has 0 aromatic heterocycles. The van der Waals surface area contributed by atoms with Crippen molar-refractivity contribution in [3.8, 4) is 11.1 Å². The zero-order chi connectivity index (χ0) is 17.4. The first-order valence-electron chi connectivity index (χ1n) is 6.10. The summed E-state index contributed by atoms with van der Waals surface area (Å²) in [5, 5.41) is 10.8. The summed E-state index contributed by atoms with van der Waals surface area (Å²) in [6.45, 7) is 0. The molecule has 0 unspecified atom stereocenters. The summed E-state index contributed by atoms with van der Waals surface area (Å²) >= 11 is 0. The van der Waals surface area contributed by atoms with Crippen molar-refractivity contribution in [1.29, 1.82) is 0 Å². The van der Waals surface area contributed by atoms with Crippen LogP contribution < -0.4 is 5.11 Å². The molecule has 0 saturated carbocycles. The van der Waals surface area contributed by atoms with Gasteiger partial charge in [0.15, 0.2) is 0 Å². The summed E-state index contributed by atoms with van der Waals surface area (Å²) in [5.41, 5.74) is -3.78. The van der Waals surface area contributed by atoms with Gasteiger partial charge in [-0.2, -0.15) is 26.3 Å². The fraction of sp³-hybridized carbons (Fsp3) is 0.133. The van der Waals surface area contributed by atoms with Gasteiger partial charge in [0.05, 0.1) is 17.1 Å². The second kappa shape index (κ2) is 5.60. The van der Waals surface area contributed by atoms with Crippen molar-refractivity contribution in [2.45, 2.75) is 12.4 Å². The average molecular weight is 333 g/mol. The molecule has 23 heavy (non-hydrogen) atoms. The molecule has 0 atom stereocenters. The summed E-state index contributed by atoms with van der Waals surface area (Å²) < 4.78 is 76.7. The SMILES string of the molecule is O=C([O-])c1cccc(-c2cc(C(F)(F)F)cc(C(F)(F)F)c2)c1. The summed E-state index contributed by atoms with van der Waals surface area (Å²) in [6, 6.07) is 5.55. The summed E-state index contributed by atoms with van der Waals surface area (Å²) in [4.78, 5) is 10.8. The molecular formula is C15H7F6O2-. The van der Waals surface area contributed by atoms with E-state index < -0.39 is 35.0 Å². The number of alkyl halides is 6. The molecule has 2 rings (SSSR count). The Labute approximate surface area is 126 Å². The van der Waals surface area contributed by atoms with Crippen LogP contribution >= 0.6 is 0 Å². The molecular weight excluding hydrogens is 326 g/mol. The number of hydrogen-bond acceptors (Lipinski definition) is 2. The second-order valence-corrected chi connectivity index (χ2v) is 4.66. The number of carbonyl (C=O) groups is 1. The Morgan fingerprint density at radius 3 is 1.74 bits per heavy atom. The molecule has 2 aromatic carbocycles. The highest BCUT2D eigenvalue weighted by Crippen LogP contribution is 2.38. The van der Waals surface area contributed by atoms with Gasteiger partial charge in [-0.25, -0.2) is 0 Å². The first-order valence-corrected chi connectivity index (χ1v) is 6.10. The van der Waals surface area contributed by atoms with Gasteiger partial charge in [0.1, 0.15) is 0 Å². The van der Waals surface area contributed by atoms with Gasteiger partial charge >= 0.3 is 12.4 Å². The lowest BCUT2D eigenvalue weighted by Gasteiger charge is -2.15. The van der Waals surface area contributed by atoms with E-state index >= 15 is 0 Å². The number of halogens is 6. The number of rotatable bonds is 2. The number of carboxylic acid groups (broad SMARTS) is 1. The molecule has 0 amide bonds. The van der Waals surface area contributed by atoms with Gasteiger partial charge in [0.2, 0.25) is 0 Å². The lowest BCUT2D eigenvalue weighted by molar-refractivity contribution is -0.255. The Balaban J connectivity index is 2.67. The normalized spacial score (nSPS) is 12.3. The molecule has 0 fully saturated rings. The van der Waals surface area contributed by atoms with Gasteiger partial charge in [0, 0.05) is 0 Å². The molecule has 0 aliphatic carbocycles. The zero-order valence-corrected chi connectivity index (χ0v) is 11.1. The fourth-order valence-corrected chi connectivity index (χ4v) is 1.95. The van der Waals surface area contributed by atoms with Crippen molar-refractivity contribution in [3.63, 3.8) is 0 Å². The average Bonchev–Trinajstić information content (AvgIpc) is 2.45. The van der Waals surface area contributed by atoms with E-state index in [0.29, 0.717) is 12.1 Å². The number of carboxylic acids is 1. The Morgan fingerprint density at radius 2 is 1.30 bits per heavy atom. The third-order valence-electron chi connectivity index (χ3n) is 3.02. The Kier molecular flexibility index (Phi) is 4.10. The van der Waals surface area contributed by atoms with E-state index in [9.17, 15) is 36.2 Å². The molecule has 0 radical (unpaired) electrons. The molecule has 122 valence electrons. The van der Waals surface area contributed by atoms with Crippen LogP contribution in [0.15, 0.2) is 42.5 Å². The van der Waals surface area contributed by atoms with Gasteiger partial charge in [-0.15, -0.1) is 0 Å². The van der Waals surface area contributed by atoms with Crippen LogP contribution in [0.4, 0.5) is 26.3 Å². The van der Waals surface area contributed by atoms with E-state index in [4.69, 9.17) is 0 Å². The van der Waals surface area contributed by atoms with Crippen LogP contribution in [-0.2, 0) is 12.4 Å². The van der Waals surface area contributed by atoms with Gasteiger partial charge in [-0.1, -0.05) is 18.2 Å². The van der Waals surface area contributed by atoms with E-state index in [2.05, 4.69) is 0 Å². The highest BCUT2D eigenvalue weighted by atomic mass is 19.4. The maximum absolute atomic E-state index is 12.8. The molecule has 0 spiro atoms. The number of aromatic carboxylic acids is 1. The number of carbonyl (C=O) groups excluding carboxylic acids is 1. The van der Waals surface area contributed by atoms with Gasteiger partial charge in [-0.05, 0) is 41.0 Å². The summed E-state index contributed by atoms with van der Waals surface area (Å²) in [6.07, 6.45) is -9.94. The number of benzene rings is 2. The topological polar surface area (TPSA) is 40.1 Å². The molecule has 0 aliphatic heterocycles. The third-order valence-corrected chi connectivity index (χ3v) is 3.02. The van der Waals surface area contributed by atoms with Crippen molar-refractivity contribution >= 4 is 5.97 Å². The highest BCUT2D eigenvalue weighted by Gasteiger charge is 2.36. The van der Waals surface area contributed by atoms with Crippen LogP contribution in [0.2, 0.25) is 0 Å². The zero-order valence-electron chi connectivity index (χ0n) is 11.1. The van der Waals surface area contributed by atoms with Crippen molar-refractivity contribution < 1.29 is 36.2 Å². The lowest BCUT2D eigenvalue weighted by Crippen LogP contribution is -2.22. The molecule has 0 bridgehead atoms. The molecule has 0 heterocycles. The van der Waals surface area contributed by atoms with Gasteiger partial charge < -0.3 is 9.90 Å².